The zero-order valence-electron chi connectivity index (χ0n) is 10.8. The van der Waals surface area contributed by atoms with Crippen molar-refractivity contribution in [2.75, 3.05) is 32.0 Å². The maximum Gasteiger partial charge on any atom is 0.0702 e. The molecule has 16 heavy (non-hydrogen) atoms. The smallest absolute Gasteiger partial charge is 0.0702 e. The molecule has 0 spiro atoms. The van der Waals surface area contributed by atoms with E-state index in [0.29, 0.717) is 6.10 Å². The van der Waals surface area contributed by atoms with Gasteiger partial charge in [0.1, 0.15) is 0 Å². The lowest BCUT2D eigenvalue weighted by Gasteiger charge is -2.34. The molecule has 2 unspecified atom stereocenters. The van der Waals surface area contributed by atoms with E-state index in [-0.39, 0.29) is 0 Å². The monoisotopic (exact) mass is 245 g/mol. The zero-order chi connectivity index (χ0) is 11.8. The zero-order valence-corrected chi connectivity index (χ0v) is 11.7. The second-order valence-electron chi connectivity index (χ2n) is 4.82. The van der Waals surface area contributed by atoms with Crippen molar-refractivity contribution in [3.05, 3.63) is 0 Å². The van der Waals surface area contributed by atoms with Crippen molar-refractivity contribution in [2.24, 2.45) is 5.92 Å². The maximum atomic E-state index is 5.73. The lowest BCUT2D eigenvalue weighted by molar-refractivity contribution is 0.00236. The second-order valence-corrected chi connectivity index (χ2v) is 5.18. The molecule has 1 aliphatic heterocycles. The number of ether oxygens (including phenoxy) is 1. The fraction of sp³-hybridized carbons (Fsp3) is 1.00. The molecule has 1 rings (SSSR count). The van der Waals surface area contributed by atoms with Gasteiger partial charge < -0.3 is 9.64 Å². The van der Waals surface area contributed by atoms with Gasteiger partial charge in [-0.1, -0.05) is 13.3 Å². The molecule has 3 heteroatoms. The average Bonchev–Trinajstić information content (AvgIpc) is 2.29. The Hall–Kier alpha value is 0.270. The van der Waals surface area contributed by atoms with Crippen LogP contribution < -0.4 is 0 Å². The Bertz CT molecular complexity index is 175. The molecular weight excluding hydrogens is 218 g/mol. The summed E-state index contributed by atoms with van der Waals surface area (Å²) in [6, 6.07) is 0. The van der Waals surface area contributed by atoms with Crippen LogP contribution >= 0.6 is 12.6 Å². The summed E-state index contributed by atoms with van der Waals surface area (Å²) >= 11 is 4.46. The highest BCUT2D eigenvalue weighted by Crippen LogP contribution is 2.17. The first-order valence-corrected chi connectivity index (χ1v) is 7.38. The topological polar surface area (TPSA) is 12.5 Å². The van der Waals surface area contributed by atoms with Crippen molar-refractivity contribution in [1.29, 1.82) is 0 Å². The van der Waals surface area contributed by atoms with Gasteiger partial charge in [-0.2, -0.15) is 12.6 Å². The Morgan fingerprint density at radius 2 is 2.25 bits per heavy atom. The minimum absolute atomic E-state index is 0.473. The number of likely N-dealkylation sites (tertiary alicyclic amines) is 1. The summed E-state index contributed by atoms with van der Waals surface area (Å²) in [5.74, 6) is 1.78. The molecule has 0 aromatic carbocycles. The van der Waals surface area contributed by atoms with Crippen LogP contribution in [-0.4, -0.2) is 43.0 Å². The molecule has 1 fully saturated rings. The molecule has 0 bridgehead atoms. The van der Waals surface area contributed by atoms with E-state index in [9.17, 15) is 0 Å². The van der Waals surface area contributed by atoms with Gasteiger partial charge in [-0.05, 0) is 44.4 Å². The van der Waals surface area contributed by atoms with E-state index < -0.39 is 0 Å². The van der Waals surface area contributed by atoms with Crippen LogP contribution in [0.3, 0.4) is 0 Å². The summed E-state index contributed by atoms with van der Waals surface area (Å²) in [5.41, 5.74) is 0. The van der Waals surface area contributed by atoms with Crippen molar-refractivity contribution in [2.45, 2.75) is 45.6 Å². The predicted molar refractivity (Wildman–Crippen MR) is 73.3 cm³/mol. The molecule has 0 radical (unpaired) electrons. The molecule has 1 aliphatic rings. The summed E-state index contributed by atoms with van der Waals surface area (Å²) in [4.78, 5) is 2.57. The first kappa shape index (κ1) is 14.3. The standard InChI is InChI=1S/C13H27NOS/c1-3-6-12(11-16)9-14-8-5-7-13(10-14)15-4-2/h12-13,16H,3-11H2,1-2H3. The Kier molecular flexibility index (Phi) is 7.50. The quantitative estimate of drug-likeness (QED) is 0.693. The van der Waals surface area contributed by atoms with Crippen molar-refractivity contribution < 1.29 is 4.74 Å². The molecule has 0 aromatic heterocycles. The van der Waals surface area contributed by atoms with Crippen LogP contribution in [0.4, 0.5) is 0 Å². The lowest BCUT2D eigenvalue weighted by atomic mass is 10.0. The highest BCUT2D eigenvalue weighted by atomic mass is 32.1. The van der Waals surface area contributed by atoms with Gasteiger partial charge in [-0.3, -0.25) is 0 Å². The molecule has 1 saturated heterocycles. The largest absolute Gasteiger partial charge is 0.377 e. The first-order chi connectivity index (χ1) is 7.80. The van der Waals surface area contributed by atoms with Crippen molar-refractivity contribution in [3.8, 4) is 0 Å². The van der Waals surface area contributed by atoms with E-state index in [2.05, 4.69) is 31.4 Å². The first-order valence-electron chi connectivity index (χ1n) is 6.74. The van der Waals surface area contributed by atoms with Gasteiger partial charge in [0, 0.05) is 19.7 Å². The van der Waals surface area contributed by atoms with E-state index in [4.69, 9.17) is 4.74 Å². The molecule has 0 aromatic rings. The lowest BCUT2D eigenvalue weighted by Crippen LogP contribution is -2.42. The third-order valence-corrected chi connectivity index (χ3v) is 3.85. The Morgan fingerprint density at radius 3 is 2.88 bits per heavy atom. The van der Waals surface area contributed by atoms with Crippen LogP contribution in [0.1, 0.15) is 39.5 Å². The normalized spacial score (nSPS) is 24.6. The third-order valence-electron chi connectivity index (χ3n) is 3.34. The van der Waals surface area contributed by atoms with Crippen molar-refractivity contribution in [3.63, 3.8) is 0 Å². The second kappa shape index (κ2) is 8.37. The summed E-state index contributed by atoms with van der Waals surface area (Å²) in [6.07, 6.45) is 5.58. The summed E-state index contributed by atoms with van der Waals surface area (Å²) in [6.45, 7) is 8.78. The van der Waals surface area contributed by atoms with Crippen molar-refractivity contribution >= 4 is 12.6 Å². The highest BCUT2D eigenvalue weighted by Gasteiger charge is 2.21. The van der Waals surface area contributed by atoms with Gasteiger partial charge >= 0.3 is 0 Å². The summed E-state index contributed by atoms with van der Waals surface area (Å²) in [7, 11) is 0. The van der Waals surface area contributed by atoms with Gasteiger partial charge in [-0.15, -0.1) is 0 Å². The number of thiol groups is 1. The predicted octanol–water partition coefficient (Wildman–Crippen LogP) is 2.83. The van der Waals surface area contributed by atoms with E-state index >= 15 is 0 Å². The summed E-state index contributed by atoms with van der Waals surface area (Å²) < 4.78 is 5.73. The van der Waals surface area contributed by atoms with Gasteiger partial charge in [0.25, 0.3) is 0 Å². The SMILES string of the molecule is CCCC(CS)CN1CCCC(OCC)C1. The van der Waals surface area contributed by atoms with Gasteiger partial charge in [0.2, 0.25) is 0 Å². The molecule has 0 saturated carbocycles. The molecule has 1 heterocycles. The van der Waals surface area contributed by atoms with E-state index in [1.165, 1.54) is 38.8 Å². The fourth-order valence-corrected chi connectivity index (χ4v) is 2.86. The van der Waals surface area contributed by atoms with Gasteiger partial charge in [-0.25, -0.2) is 0 Å². The molecule has 2 atom stereocenters. The Labute approximate surface area is 106 Å². The Morgan fingerprint density at radius 1 is 1.44 bits per heavy atom. The number of rotatable bonds is 7. The van der Waals surface area contributed by atoms with Crippen LogP contribution in [0.5, 0.6) is 0 Å². The molecule has 2 nitrogen and oxygen atoms in total. The highest BCUT2D eigenvalue weighted by molar-refractivity contribution is 7.80. The average molecular weight is 245 g/mol. The molecule has 96 valence electrons. The number of hydrogen-bond acceptors (Lipinski definition) is 3. The van der Waals surface area contributed by atoms with E-state index in [0.717, 1.165) is 24.8 Å². The number of piperidine rings is 1. The van der Waals surface area contributed by atoms with Gasteiger partial charge in [0.15, 0.2) is 0 Å². The molecule has 0 N–H and O–H groups in total. The maximum absolute atomic E-state index is 5.73. The van der Waals surface area contributed by atoms with E-state index in [1.54, 1.807) is 0 Å². The van der Waals surface area contributed by atoms with Crippen LogP contribution in [-0.2, 0) is 4.74 Å². The number of nitrogens with zero attached hydrogens (tertiary/aromatic N) is 1. The third kappa shape index (κ3) is 5.07. The van der Waals surface area contributed by atoms with Crippen LogP contribution in [0, 0.1) is 5.92 Å². The van der Waals surface area contributed by atoms with E-state index in [1.807, 2.05) is 0 Å². The Balaban J connectivity index is 2.29. The number of hydrogen-bond donors (Lipinski definition) is 1. The minimum atomic E-state index is 0.473. The van der Waals surface area contributed by atoms with Crippen molar-refractivity contribution in [1.82, 2.24) is 4.90 Å². The molecule has 0 amide bonds. The minimum Gasteiger partial charge on any atom is -0.377 e. The van der Waals surface area contributed by atoms with Crippen LogP contribution in [0.15, 0.2) is 0 Å². The fourth-order valence-electron chi connectivity index (χ4n) is 2.56. The molecule has 0 aliphatic carbocycles. The molecular formula is C13H27NOS. The van der Waals surface area contributed by atoms with Crippen LogP contribution in [0.25, 0.3) is 0 Å². The van der Waals surface area contributed by atoms with Gasteiger partial charge in [0.05, 0.1) is 6.10 Å². The van der Waals surface area contributed by atoms with Crippen LogP contribution in [0.2, 0.25) is 0 Å². The summed E-state index contributed by atoms with van der Waals surface area (Å²) in [5, 5.41) is 0.